The lowest BCUT2D eigenvalue weighted by atomic mass is 9.79. The van der Waals surface area contributed by atoms with Gasteiger partial charge in [-0.2, -0.15) is 0 Å². The molecule has 142 valence electrons. The quantitative estimate of drug-likeness (QED) is 0.755. The van der Waals surface area contributed by atoms with Gasteiger partial charge in [0.2, 0.25) is 5.91 Å². The second-order valence-corrected chi connectivity index (χ2v) is 8.21. The molecule has 2 rings (SSSR count). The number of rotatable bonds is 7. The van der Waals surface area contributed by atoms with Gasteiger partial charge in [0.25, 0.3) is 0 Å². The summed E-state index contributed by atoms with van der Waals surface area (Å²) in [5.41, 5.74) is 1.39. The van der Waals surface area contributed by atoms with E-state index in [1.165, 1.54) is 18.4 Å². The Morgan fingerprint density at radius 1 is 1.28 bits per heavy atom. The Balaban J connectivity index is 0.00000312. The average molecular weight is 367 g/mol. The van der Waals surface area contributed by atoms with Crippen LogP contribution < -0.4 is 10.6 Å². The molecule has 3 nitrogen and oxygen atoms in total. The summed E-state index contributed by atoms with van der Waals surface area (Å²) in [6.07, 6.45) is 4.07. The van der Waals surface area contributed by atoms with Crippen molar-refractivity contribution in [3.05, 3.63) is 35.9 Å². The van der Waals surface area contributed by atoms with Gasteiger partial charge >= 0.3 is 0 Å². The van der Waals surface area contributed by atoms with E-state index in [0.717, 1.165) is 19.5 Å². The predicted molar refractivity (Wildman–Crippen MR) is 108 cm³/mol. The van der Waals surface area contributed by atoms with E-state index in [1.54, 1.807) is 0 Å². The van der Waals surface area contributed by atoms with Crippen LogP contribution in [0.5, 0.6) is 0 Å². The van der Waals surface area contributed by atoms with Crippen molar-refractivity contribution in [2.45, 2.75) is 64.8 Å². The number of benzene rings is 1. The van der Waals surface area contributed by atoms with Gasteiger partial charge in [0.15, 0.2) is 0 Å². The monoisotopic (exact) mass is 366 g/mol. The van der Waals surface area contributed by atoms with Crippen LogP contribution in [0.15, 0.2) is 30.3 Å². The lowest BCUT2D eigenvalue weighted by Crippen LogP contribution is -2.39. The molecule has 0 aromatic heterocycles. The molecule has 0 aliphatic carbocycles. The molecule has 0 bridgehead atoms. The van der Waals surface area contributed by atoms with E-state index in [4.69, 9.17) is 0 Å². The molecule has 1 fully saturated rings. The highest BCUT2D eigenvalue weighted by Crippen LogP contribution is 2.28. The number of carbonyl (C=O) groups is 1. The first-order valence-corrected chi connectivity index (χ1v) is 9.44. The third-order valence-corrected chi connectivity index (χ3v) is 5.43. The molecule has 1 saturated heterocycles. The summed E-state index contributed by atoms with van der Waals surface area (Å²) in [4.78, 5) is 12.4. The van der Waals surface area contributed by atoms with Crippen molar-refractivity contribution in [2.24, 2.45) is 11.8 Å². The van der Waals surface area contributed by atoms with Crippen LogP contribution in [0, 0.1) is 11.8 Å². The zero-order valence-electron chi connectivity index (χ0n) is 16.2. The lowest BCUT2D eigenvalue weighted by Gasteiger charge is -2.30. The summed E-state index contributed by atoms with van der Waals surface area (Å²) in [6.45, 7) is 11.0. The third kappa shape index (κ3) is 6.99. The smallest absolute Gasteiger partial charge is 0.220 e. The molecule has 1 aliphatic heterocycles. The Hall–Kier alpha value is -1.06. The summed E-state index contributed by atoms with van der Waals surface area (Å²) < 4.78 is 0. The first-order valence-electron chi connectivity index (χ1n) is 9.44. The summed E-state index contributed by atoms with van der Waals surface area (Å²) in [7, 11) is 0. The second kappa shape index (κ2) is 10.2. The Morgan fingerprint density at radius 3 is 2.56 bits per heavy atom. The number of hydrogen-bond acceptors (Lipinski definition) is 2. The maximum absolute atomic E-state index is 12.4. The minimum atomic E-state index is 0. The van der Waals surface area contributed by atoms with E-state index in [2.05, 4.69) is 62.6 Å². The SMILES string of the molecule is CC(CC(C)(C)c1ccccc1)NC(=O)CC(C)C1CCCNC1.Cl. The highest BCUT2D eigenvalue weighted by Gasteiger charge is 2.26. The van der Waals surface area contributed by atoms with Gasteiger partial charge in [0, 0.05) is 12.5 Å². The Morgan fingerprint density at radius 2 is 1.96 bits per heavy atom. The minimum Gasteiger partial charge on any atom is -0.354 e. The normalized spacial score (nSPS) is 20.2. The van der Waals surface area contributed by atoms with E-state index >= 15 is 0 Å². The van der Waals surface area contributed by atoms with Crippen molar-refractivity contribution < 1.29 is 4.79 Å². The van der Waals surface area contributed by atoms with Gasteiger partial charge in [-0.1, -0.05) is 51.1 Å². The Bertz CT molecular complexity index is 512. The molecule has 1 heterocycles. The molecule has 1 aromatic carbocycles. The van der Waals surface area contributed by atoms with Crippen LogP contribution in [0.4, 0.5) is 0 Å². The van der Waals surface area contributed by atoms with Crippen molar-refractivity contribution in [3.63, 3.8) is 0 Å². The molecule has 0 saturated carbocycles. The maximum Gasteiger partial charge on any atom is 0.220 e. The van der Waals surface area contributed by atoms with E-state index < -0.39 is 0 Å². The van der Waals surface area contributed by atoms with Gasteiger partial charge in [0.1, 0.15) is 0 Å². The van der Waals surface area contributed by atoms with Crippen molar-refractivity contribution in [2.75, 3.05) is 13.1 Å². The average Bonchev–Trinajstić information content (AvgIpc) is 2.55. The summed E-state index contributed by atoms with van der Waals surface area (Å²) in [6, 6.07) is 10.7. The maximum atomic E-state index is 12.4. The zero-order valence-corrected chi connectivity index (χ0v) is 17.0. The van der Waals surface area contributed by atoms with E-state index in [9.17, 15) is 4.79 Å². The number of hydrogen-bond donors (Lipinski definition) is 2. The molecular weight excluding hydrogens is 332 g/mol. The number of nitrogens with one attached hydrogen (secondary N) is 2. The fourth-order valence-corrected chi connectivity index (χ4v) is 3.98. The number of halogens is 1. The molecule has 3 unspecified atom stereocenters. The first kappa shape index (κ1) is 22.0. The number of piperidine rings is 1. The summed E-state index contributed by atoms with van der Waals surface area (Å²) in [5, 5.41) is 6.66. The highest BCUT2D eigenvalue weighted by atomic mass is 35.5. The molecule has 25 heavy (non-hydrogen) atoms. The second-order valence-electron chi connectivity index (χ2n) is 8.21. The standard InChI is InChI=1S/C21H34N2O.ClH/c1-16(18-9-8-12-22-15-18)13-20(24)23-17(2)14-21(3,4)19-10-6-5-7-11-19;/h5-7,10-11,16-18,22H,8-9,12-15H2,1-4H3,(H,23,24);1H. The van der Waals surface area contributed by atoms with Crippen LogP contribution in [0.2, 0.25) is 0 Å². The molecule has 3 atom stereocenters. The van der Waals surface area contributed by atoms with Crippen LogP contribution in [0.3, 0.4) is 0 Å². The first-order chi connectivity index (χ1) is 11.4. The zero-order chi connectivity index (χ0) is 17.6. The number of carbonyl (C=O) groups excluding carboxylic acids is 1. The molecule has 4 heteroatoms. The van der Waals surface area contributed by atoms with E-state index in [0.29, 0.717) is 18.3 Å². The van der Waals surface area contributed by atoms with Crippen molar-refractivity contribution in [1.29, 1.82) is 0 Å². The summed E-state index contributed by atoms with van der Waals surface area (Å²) in [5.74, 6) is 1.29. The molecule has 1 aromatic rings. The van der Waals surface area contributed by atoms with Crippen LogP contribution in [-0.2, 0) is 10.2 Å². The van der Waals surface area contributed by atoms with Gasteiger partial charge in [-0.3, -0.25) is 4.79 Å². The van der Waals surface area contributed by atoms with E-state index in [-0.39, 0.29) is 29.8 Å². The van der Waals surface area contributed by atoms with Crippen LogP contribution >= 0.6 is 12.4 Å². The Kier molecular flexibility index (Phi) is 8.95. The highest BCUT2D eigenvalue weighted by molar-refractivity contribution is 5.85. The van der Waals surface area contributed by atoms with Gasteiger partial charge in [-0.15, -0.1) is 12.4 Å². The van der Waals surface area contributed by atoms with Crippen molar-refractivity contribution in [3.8, 4) is 0 Å². The van der Waals surface area contributed by atoms with Gasteiger partial charge in [-0.05, 0) is 62.1 Å². The molecule has 0 spiro atoms. The third-order valence-electron chi connectivity index (χ3n) is 5.43. The van der Waals surface area contributed by atoms with Crippen molar-refractivity contribution >= 4 is 18.3 Å². The van der Waals surface area contributed by atoms with Gasteiger partial charge in [-0.25, -0.2) is 0 Å². The Labute approximate surface area is 159 Å². The van der Waals surface area contributed by atoms with Gasteiger partial charge < -0.3 is 10.6 Å². The molecular formula is C21H35ClN2O. The summed E-state index contributed by atoms with van der Waals surface area (Å²) >= 11 is 0. The van der Waals surface area contributed by atoms with Crippen LogP contribution in [0.25, 0.3) is 0 Å². The fourth-order valence-electron chi connectivity index (χ4n) is 3.98. The lowest BCUT2D eigenvalue weighted by molar-refractivity contribution is -0.123. The minimum absolute atomic E-state index is 0. The predicted octanol–water partition coefficient (Wildman–Crippen LogP) is 4.31. The topological polar surface area (TPSA) is 41.1 Å². The van der Waals surface area contributed by atoms with Crippen molar-refractivity contribution in [1.82, 2.24) is 10.6 Å². The van der Waals surface area contributed by atoms with E-state index in [1.807, 2.05) is 6.07 Å². The molecule has 2 N–H and O–H groups in total. The largest absolute Gasteiger partial charge is 0.354 e. The van der Waals surface area contributed by atoms with Crippen LogP contribution in [-0.4, -0.2) is 25.0 Å². The van der Waals surface area contributed by atoms with Gasteiger partial charge in [0.05, 0.1) is 0 Å². The molecule has 1 amide bonds. The molecule has 1 aliphatic rings. The fraction of sp³-hybridized carbons (Fsp3) is 0.667. The molecule has 0 radical (unpaired) electrons. The number of amides is 1. The van der Waals surface area contributed by atoms with Crippen LogP contribution in [0.1, 0.15) is 58.9 Å².